The number of nitrogens with zero attached hydrogens (tertiary/aromatic N) is 6. The summed E-state index contributed by atoms with van der Waals surface area (Å²) in [4.78, 5) is 38.6. The highest BCUT2D eigenvalue weighted by molar-refractivity contribution is 6.01. The van der Waals surface area contributed by atoms with Crippen LogP contribution in [0.4, 0.5) is 22.0 Å². The fraction of sp³-hybridized carbons (Fsp3) is 0.265. The molecule has 45 heavy (non-hydrogen) atoms. The van der Waals surface area contributed by atoms with E-state index in [1.807, 2.05) is 42.9 Å². The van der Waals surface area contributed by atoms with Gasteiger partial charge in [0.2, 0.25) is 0 Å². The van der Waals surface area contributed by atoms with Gasteiger partial charge in [-0.3, -0.25) is 9.48 Å². The summed E-state index contributed by atoms with van der Waals surface area (Å²) >= 11 is 0. The van der Waals surface area contributed by atoms with Gasteiger partial charge < -0.3 is 25.2 Å². The number of morpholine rings is 1. The van der Waals surface area contributed by atoms with E-state index in [-0.39, 0.29) is 11.9 Å². The quantitative estimate of drug-likeness (QED) is 0.263. The summed E-state index contributed by atoms with van der Waals surface area (Å²) in [5, 5.41) is 11.3. The number of ether oxygens (including phenoxy) is 1. The van der Waals surface area contributed by atoms with Gasteiger partial charge in [0.05, 0.1) is 24.4 Å². The van der Waals surface area contributed by atoms with E-state index in [1.165, 1.54) is 4.90 Å². The van der Waals surface area contributed by atoms with Crippen LogP contribution in [-0.4, -0.2) is 77.0 Å². The number of rotatable bonds is 6. The Morgan fingerprint density at radius 3 is 2.07 bits per heavy atom. The molecule has 1 aliphatic rings. The van der Waals surface area contributed by atoms with Crippen molar-refractivity contribution < 1.29 is 14.3 Å². The van der Waals surface area contributed by atoms with Gasteiger partial charge in [-0.15, -0.1) is 0 Å². The molecule has 1 aliphatic heterocycles. The normalized spacial score (nSPS) is 13.1. The van der Waals surface area contributed by atoms with E-state index in [2.05, 4.69) is 45.8 Å². The number of carbonyl (C=O) groups excluding carboxylic acids is 2. The van der Waals surface area contributed by atoms with Crippen molar-refractivity contribution in [2.75, 3.05) is 55.9 Å². The summed E-state index contributed by atoms with van der Waals surface area (Å²) in [7, 11) is 5.35. The van der Waals surface area contributed by atoms with Gasteiger partial charge in [-0.25, -0.2) is 14.8 Å². The van der Waals surface area contributed by atoms with E-state index in [4.69, 9.17) is 14.7 Å². The highest BCUT2D eigenvalue weighted by Crippen LogP contribution is 2.34. The van der Waals surface area contributed by atoms with Crippen molar-refractivity contribution in [1.29, 1.82) is 0 Å². The van der Waals surface area contributed by atoms with Crippen molar-refractivity contribution in [3.05, 3.63) is 83.7 Å². The molecule has 1 fully saturated rings. The lowest BCUT2D eigenvalue weighted by Gasteiger charge is -2.29. The average molecular weight is 605 g/mol. The van der Waals surface area contributed by atoms with Crippen molar-refractivity contribution in [3.8, 4) is 22.5 Å². The van der Waals surface area contributed by atoms with E-state index >= 15 is 0 Å². The summed E-state index contributed by atoms with van der Waals surface area (Å²) in [6.45, 7) is 6.89. The first-order valence-corrected chi connectivity index (χ1v) is 14.8. The zero-order valence-electron chi connectivity index (χ0n) is 26.1. The highest BCUT2D eigenvalue weighted by atomic mass is 16.5. The Morgan fingerprint density at radius 2 is 1.47 bits per heavy atom. The molecule has 230 valence electrons. The Labute approximate surface area is 261 Å². The topological polar surface area (TPSA) is 118 Å². The smallest absolute Gasteiger partial charge is 0.323 e. The summed E-state index contributed by atoms with van der Waals surface area (Å²) < 4.78 is 7.51. The summed E-state index contributed by atoms with van der Waals surface area (Å²) in [5.41, 5.74) is 7.67. The molecule has 0 atom stereocenters. The zero-order chi connectivity index (χ0) is 31.7. The molecular formula is C34H36N8O3. The molecule has 5 aromatic rings. The van der Waals surface area contributed by atoms with Gasteiger partial charge in [0, 0.05) is 73.4 Å². The minimum Gasteiger partial charge on any atom is -0.378 e. The molecule has 0 saturated carbocycles. The second kappa shape index (κ2) is 12.4. The number of nitrogens with one attached hydrogen (secondary N) is 2. The third kappa shape index (κ3) is 6.20. The van der Waals surface area contributed by atoms with Crippen LogP contribution in [0.15, 0.2) is 66.7 Å². The lowest BCUT2D eigenvalue weighted by Crippen LogP contribution is -2.37. The lowest BCUT2D eigenvalue weighted by molar-refractivity contribution is 0.0827. The molecule has 2 N–H and O–H groups in total. The Kier molecular flexibility index (Phi) is 8.18. The number of amides is 3. The highest BCUT2D eigenvalue weighted by Gasteiger charge is 2.20. The van der Waals surface area contributed by atoms with Crippen LogP contribution in [0.3, 0.4) is 0 Å². The van der Waals surface area contributed by atoms with Crippen molar-refractivity contribution in [2.24, 2.45) is 7.05 Å². The van der Waals surface area contributed by atoms with Crippen molar-refractivity contribution in [1.82, 2.24) is 24.6 Å². The van der Waals surface area contributed by atoms with Crippen LogP contribution < -0.4 is 15.5 Å². The van der Waals surface area contributed by atoms with Crippen LogP contribution in [0.2, 0.25) is 0 Å². The maximum absolute atomic E-state index is 12.7. The largest absolute Gasteiger partial charge is 0.378 e. The average Bonchev–Trinajstić information content (AvgIpc) is 3.30. The first-order chi connectivity index (χ1) is 21.7. The second-order valence-corrected chi connectivity index (χ2v) is 11.3. The number of aryl methyl sites for hydroxylation is 2. The maximum atomic E-state index is 12.7. The summed E-state index contributed by atoms with van der Waals surface area (Å²) in [6, 6.07) is 20.2. The van der Waals surface area contributed by atoms with E-state index in [1.54, 1.807) is 38.4 Å². The third-order valence-corrected chi connectivity index (χ3v) is 7.98. The number of carbonyl (C=O) groups is 2. The molecule has 3 amide bonds. The van der Waals surface area contributed by atoms with Gasteiger partial charge >= 0.3 is 6.03 Å². The van der Waals surface area contributed by atoms with E-state index < -0.39 is 0 Å². The van der Waals surface area contributed by atoms with Crippen LogP contribution >= 0.6 is 0 Å². The Balaban J connectivity index is 1.26. The number of aromatic nitrogens is 4. The van der Waals surface area contributed by atoms with Gasteiger partial charge in [-0.05, 0) is 80.1 Å². The molecule has 0 unspecified atom stereocenters. The number of benzene rings is 3. The van der Waals surface area contributed by atoms with Gasteiger partial charge in [-0.1, -0.05) is 6.07 Å². The predicted molar refractivity (Wildman–Crippen MR) is 177 cm³/mol. The minimum atomic E-state index is -0.389. The number of anilines is 3. The molecule has 0 radical (unpaired) electrons. The molecule has 1 saturated heterocycles. The standard InChI is InChI=1S/C34H36N8O3/c1-21-30(22(2)41(5)39-21)25-10-15-28-29(20-25)37-31(38-32(28)42-16-18-45-19-17-42)23-6-11-26(12-7-23)35-34(44)36-27-13-8-24(9-14-27)33(43)40(3)4/h6-15,20H,16-19H2,1-5H3,(H2,35,36,44). The van der Waals surface area contributed by atoms with Crippen LogP contribution in [-0.2, 0) is 11.8 Å². The van der Waals surface area contributed by atoms with E-state index in [9.17, 15) is 9.59 Å². The number of hydrogen-bond donors (Lipinski definition) is 2. The fourth-order valence-electron chi connectivity index (χ4n) is 5.56. The minimum absolute atomic E-state index is 0.0994. The molecule has 0 bridgehead atoms. The number of hydrogen-bond acceptors (Lipinski definition) is 7. The Bertz CT molecular complexity index is 1880. The summed E-state index contributed by atoms with van der Waals surface area (Å²) in [6.07, 6.45) is 0. The second-order valence-electron chi connectivity index (χ2n) is 11.3. The van der Waals surface area contributed by atoms with E-state index in [0.29, 0.717) is 36.0 Å². The monoisotopic (exact) mass is 604 g/mol. The van der Waals surface area contributed by atoms with Crippen molar-refractivity contribution in [3.63, 3.8) is 0 Å². The molecule has 11 nitrogen and oxygen atoms in total. The third-order valence-electron chi connectivity index (χ3n) is 7.98. The molecule has 3 aromatic carbocycles. The molecule has 2 aromatic heterocycles. The molecule has 3 heterocycles. The first kappa shape index (κ1) is 29.8. The molecule has 6 rings (SSSR count). The first-order valence-electron chi connectivity index (χ1n) is 14.8. The van der Waals surface area contributed by atoms with Gasteiger partial charge in [-0.2, -0.15) is 5.10 Å². The van der Waals surface area contributed by atoms with Crippen LogP contribution in [0, 0.1) is 13.8 Å². The fourth-order valence-corrected chi connectivity index (χ4v) is 5.56. The SMILES string of the molecule is Cc1nn(C)c(C)c1-c1ccc2c(N3CCOCC3)nc(-c3ccc(NC(=O)Nc4ccc(C(=O)N(C)C)cc4)cc3)nc2c1. The number of urea groups is 1. The van der Waals surface area contributed by atoms with Gasteiger partial charge in [0.1, 0.15) is 5.82 Å². The number of fused-ring (bicyclic) bond motifs is 1. The molecule has 0 spiro atoms. The van der Waals surface area contributed by atoms with Crippen LogP contribution in [0.1, 0.15) is 21.7 Å². The summed E-state index contributed by atoms with van der Waals surface area (Å²) in [5.74, 6) is 1.38. The van der Waals surface area contributed by atoms with Gasteiger partial charge in [0.15, 0.2) is 5.82 Å². The van der Waals surface area contributed by atoms with Crippen LogP contribution in [0.25, 0.3) is 33.4 Å². The zero-order valence-corrected chi connectivity index (χ0v) is 26.1. The molecule has 0 aliphatic carbocycles. The molecule has 11 heteroatoms. The van der Waals surface area contributed by atoms with Gasteiger partial charge in [0.25, 0.3) is 5.91 Å². The Morgan fingerprint density at radius 1 is 0.844 bits per heavy atom. The maximum Gasteiger partial charge on any atom is 0.323 e. The molecular weight excluding hydrogens is 568 g/mol. The predicted octanol–water partition coefficient (Wildman–Crippen LogP) is 5.50. The van der Waals surface area contributed by atoms with Crippen molar-refractivity contribution in [2.45, 2.75) is 13.8 Å². The van der Waals surface area contributed by atoms with E-state index in [0.717, 1.165) is 57.9 Å². The lowest BCUT2D eigenvalue weighted by atomic mass is 10.0. The Hall–Kier alpha value is -5.29. The van der Waals surface area contributed by atoms with Crippen molar-refractivity contribution >= 4 is 40.0 Å². The van der Waals surface area contributed by atoms with Crippen LogP contribution in [0.5, 0.6) is 0 Å².